The molecule has 0 aliphatic carbocycles. The molecule has 2 heterocycles. The highest BCUT2D eigenvalue weighted by Crippen LogP contribution is 2.28. The number of piperidine rings is 1. The van der Waals surface area contributed by atoms with E-state index in [1.54, 1.807) is 25.7 Å². The molecule has 1 atom stereocenters. The second-order valence-electron chi connectivity index (χ2n) is 8.53. The molecule has 28 heavy (non-hydrogen) atoms. The standard InChI is InChI=1S/C21H28N2O5/c1-21(2,3)28-20(27)23-13-16-7-5-4-6-15(16)12-17(23)18(24)22-10-8-14(9-11-22)19(25)26/h4-7,14,17H,8-13H2,1-3H3,(H,25,26). The average Bonchev–Trinajstić information content (AvgIpc) is 2.65. The number of ether oxygens (including phenoxy) is 1. The van der Waals surface area contributed by atoms with Crippen LogP contribution in [0.5, 0.6) is 0 Å². The number of carboxylic acids is 1. The summed E-state index contributed by atoms with van der Waals surface area (Å²) >= 11 is 0. The van der Waals surface area contributed by atoms with E-state index in [1.807, 2.05) is 24.3 Å². The lowest BCUT2D eigenvalue weighted by Crippen LogP contribution is -2.55. The SMILES string of the molecule is CC(C)(C)OC(=O)N1Cc2ccccc2CC1C(=O)N1CCC(C(=O)O)CC1. The quantitative estimate of drug-likeness (QED) is 0.842. The third-order valence-corrected chi connectivity index (χ3v) is 5.32. The van der Waals surface area contributed by atoms with E-state index in [2.05, 4.69) is 0 Å². The third-order valence-electron chi connectivity index (χ3n) is 5.32. The van der Waals surface area contributed by atoms with Gasteiger partial charge in [0, 0.05) is 19.5 Å². The van der Waals surface area contributed by atoms with Gasteiger partial charge < -0.3 is 14.7 Å². The Hall–Kier alpha value is -2.57. The van der Waals surface area contributed by atoms with Gasteiger partial charge in [-0.3, -0.25) is 14.5 Å². The Bertz CT molecular complexity index is 762. The smallest absolute Gasteiger partial charge is 0.411 e. The fourth-order valence-corrected chi connectivity index (χ4v) is 3.81. The zero-order valence-electron chi connectivity index (χ0n) is 16.7. The van der Waals surface area contributed by atoms with Gasteiger partial charge in [-0.15, -0.1) is 0 Å². The Morgan fingerprint density at radius 1 is 1.07 bits per heavy atom. The summed E-state index contributed by atoms with van der Waals surface area (Å²) in [6.07, 6.45) is 0.821. The van der Waals surface area contributed by atoms with Crippen LogP contribution in [-0.2, 0) is 27.3 Å². The monoisotopic (exact) mass is 388 g/mol. The minimum atomic E-state index is -0.811. The number of rotatable bonds is 2. The first-order valence-electron chi connectivity index (χ1n) is 9.73. The predicted molar refractivity (Wildman–Crippen MR) is 103 cm³/mol. The van der Waals surface area contributed by atoms with Crippen LogP contribution in [0.15, 0.2) is 24.3 Å². The van der Waals surface area contributed by atoms with Crippen LogP contribution < -0.4 is 0 Å². The maximum absolute atomic E-state index is 13.2. The first kappa shape index (κ1) is 20.2. The molecule has 3 rings (SSSR count). The van der Waals surface area contributed by atoms with Crippen molar-refractivity contribution < 1.29 is 24.2 Å². The lowest BCUT2D eigenvalue weighted by Gasteiger charge is -2.40. The van der Waals surface area contributed by atoms with Crippen molar-refractivity contribution in [2.24, 2.45) is 5.92 Å². The normalized spacial score (nSPS) is 20.5. The maximum atomic E-state index is 13.2. The maximum Gasteiger partial charge on any atom is 0.411 e. The van der Waals surface area contributed by atoms with E-state index < -0.39 is 29.6 Å². The molecule has 7 heteroatoms. The summed E-state index contributed by atoms with van der Waals surface area (Å²) in [6, 6.07) is 7.17. The largest absolute Gasteiger partial charge is 0.481 e. The van der Waals surface area contributed by atoms with Crippen molar-refractivity contribution in [2.45, 2.75) is 58.2 Å². The molecule has 2 aliphatic heterocycles. The summed E-state index contributed by atoms with van der Waals surface area (Å²) in [5, 5.41) is 9.17. The van der Waals surface area contributed by atoms with E-state index in [0.717, 1.165) is 11.1 Å². The number of nitrogens with zero attached hydrogens (tertiary/aromatic N) is 2. The first-order valence-corrected chi connectivity index (χ1v) is 9.73. The molecule has 0 radical (unpaired) electrons. The fourth-order valence-electron chi connectivity index (χ4n) is 3.81. The molecule has 152 valence electrons. The molecule has 1 aromatic rings. The number of likely N-dealkylation sites (tertiary alicyclic amines) is 1. The van der Waals surface area contributed by atoms with Crippen molar-refractivity contribution >= 4 is 18.0 Å². The van der Waals surface area contributed by atoms with Crippen molar-refractivity contribution in [1.82, 2.24) is 9.80 Å². The molecule has 0 bridgehead atoms. The Morgan fingerprint density at radius 3 is 2.25 bits per heavy atom. The molecule has 2 amide bonds. The first-order chi connectivity index (χ1) is 13.2. The molecule has 1 fully saturated rings. The fraction of sp³-hybridized carbons (Fsp3) is 0.571. The van der Waals surface area contributed by atoms with Crippen LogP contribution in [-0.4, -0.2) is 57.6 Å². The van der Waals surface area contributed by atoms with Crippen LogP contribution in [0.3, 0.4) is 0 Å². The lowest BCUT2D eigenvalue weighted by atomic mass is 9.92. The van der Waals surface area contributed by atoms with Crippen molar-refractivity contribution in [1.29, 1.82) is 0 Å². The zero-order valence-corrected chi connectivity index (χ0v) is 16.7. The summed E-state index contributed by atoms with van der Waals surface area (Å²) in [5.41, 5.74) is 1.42. The van der Waals surface area contributed by atoms with E-state index in [0.29, 0.717) is 38.9 Å². The zero-order chi connectivity index (χ0) is 20.5. The van der Waals surface area contributed by atoms with Crippen LogP contribution in [0, 0.1) is 5.92 Å². The Kier molecular flexibility index (Phi) is 5.63. The highest BCUT2D eigenvalue weighted by molar-refractivity contribution is 5.87. The van der Waals surface area contributed by atoms with Gasteiger partial charge in [0.2, 0.25) is 5.91 Å². The van der Waals surface area contributed by atoms with Gasteiger partial charge in [0.15, 0.2) is 0 Å². The number of aliphatic carboxylic acids is 1. The van der Waals surface area contributed by atoms with Crippen LogP contribution in [0.1, 0.15) is 44.7 Å². The van der Waals surface area contributed by atoms with Crippen LogP contribution in [0.4, 0.5) is 4.79 Å². The van der Waals surface area contributed by atoms with Crippen molar-refractivity contribution in [3.63, 3.8) is 0 Å². The molecule has 0 spiro atoms. The number of hydrogen-bond acceptors (Lipinski definition) is 4. The van der Waals surface area contributed by atoms with Crippen LogP contribution >= 0.6 is 0 Å². The number of amides is 2. The van der Waals surface area contributed by atoms with Gasteiger partial charge in [0.1, 0.15) is 11.6 Å². The molecule has 1 N–H and O–H groups in total. The van der Waals surface area contributed by atoms with Crippen molar-refractivity contribution in [2.75, 3.05) is 13.1 Å². The summed E-state index contributed by atoms with van der Waals surface area (Å²) in [5.74, 6) is -1.35. The number of carbonyl (C=O) groups excluding carboxylic acids is 2. The Labute approximate surface area is 165 Å². The number of carbonyl (C=O) groups is 3. The summed E-state index contributed by atoms with van der Waals surface area (Å²) in [4.78, 5) is 40.4. The molecular formula is C21H28N2O5. The summed E-state index contributed by atoms with van der Waals surface area (Å²) < 4.78 is 5.55. The molecule has 1 unspecified atom stereocenters. The number of benzene rings is 1. The number of fused-ring (bicyclic) bond motifs is 1. The van der Waals surface area contributed by atoms with Gasteiger partial charge in [-0.1, -0.05) is 24.3 Å². The van der Waals surface area contributed by atoms with E-state index in [4.69, 9.17) is 4.74 Å². The van der Waals surface area contributed by atoms with Crippen molar-refractivity contribution in [3.05, 3.63) is 35.4 Å². The lowest BCUT2D eigenvalue weighted by molar-refractivity contribution is -0.147. The topological polar surface area (TPSA) is 87.2 Å². The van der Waals surface area contributed by atoms with Gasteiger partial charge in [-0.2, -0.15) is 0 Å². The molecule has 2 aliphatic rings. The van der Waals surface area contributed by atoms with E-state index in [-0.39, 0.29) is 5.91 Å². The molecule has 7 nitrogen and oxygen atoms in total. The van der Waals surface area contributed by atoms with Gasteiger partial charge in [-0.05, 0) is 44.7 Å². The van der Waals surface area contributed by atoms with Gasteiger partial charge in [-0.25, -0.2) is 4.79 Å². The Morgan fingerprint density at radius 2 is 1.68 bits per heavy atom. The highest BCUT2D eigenvalue weighted by Gasteiger charge is 2.40. The second kappa shape index (κ2) is 7.81. The Balaban J connectivity index is 1.80. The van der Waals surface area contributed by atoms with Crippen molar-refractivity contribution in [3.8, 4) is 0 Å². The van der Waals surface area contributed by atoms with Crippen LogP contribution in [0.2, 0.25) is 0 Å². The third kappa shape index (κ3) is 4.46. The van der Waals surface area contributed by atoms with Crippen LogP contribution in [0.25, 0.3) is 0 Å². The van der Waals surface area contributed by atoms with E-state index in [9.17, 15) is 19.5 Å². The molecule has 1 saturated heterocycles. The minimum Gasteiger partial charge on any atom is -0.481 e. The van der Waals surface area contributed by atoms with Gasteiger partial charge in [0.25, 0.3) is 0 Å². The molecule has 1 aromatic carbocycles. The van der Waals surface area contributed by atoms with Gasteiger partial charge in [0.05, 0.1) is 12.5 Å². The predicted octanol–water partition coefficient (Wildman–Crippen LogP) is 2.67. The van der Waals surface area contributed by atoms with E-state index >= 15 is 0 Å². The minimum absolute atomic E-state index is 0.135. The second-order valence-corrected chi connectivity index (χ2v) is 8.53. The number of hydrogen-bond donors (Lipinski definition) is 1. The summed E-state index contributed by atoms with van der Waals surface area (Å²) in [7, 11) is 0. The average molecular weight is 388 g/mol. The van der Waals surface area contributed by atoms with E-state index in [1.165, 1.54) is 4.90 Å². The molecular weight excluding hydrogens is 360 g/mol. The summed E-state index contributed by atoms with van der Waals surface area (Å²) in [6.45, 7) is 6.53. The van der Waals surface area contributed by atoms with Gasteiger partial charge >= 0.3 is 12.1 Å². The molecule has 0 aromatic heterocycles. The molecule has 0 saturated carbocycles. The highest BCUT2D eigenvalue weighted by atomic mass is 16.6. The number of carboxylic acid groups (broad SMARTS) is 1.